The molecule has 0 spiro atoms. The van der Waals surface area contributed by atoms with Crippen LogP contribution in [0.1, 0.15) is 19.4 Å². The van der Waals surface area contributed by atoms with Gasteiger partial charge >= 0.3 is 0 Å². The van der Waals surface area contributed by atoms with Crippen molar-refractivity contribution in [3.8, 4) is 17.4 Å². The number of hydrogen-bond donors (Lipinski definition) is 0. The minimum absolute atomic E-state index is 0.115. The van der Waals surface area contributed by atoms with Gasteiger partial charge in [0.05, 0.1) is 16.4 Å². The second kappa shape index (κ2) is 9.01. The summed E-state index contributed by atoms with van der Waals surface area (Å²) in [5, 5.41) is 10.7. The van der Waals surface area contributed by atoms with E-state index in [1.165, 1.54) is 23.9 Å². The summed E-state index contributed by atoms with van der Waals surface area (Å²) in [4.78, 5) is 28.6. The highest BCUT2D eigenvalue weighted by Crippen LogP contribution is 2.36. The van der Waals surface area contributed by atoms with Gasteiger partial charge in [-0.1, -0.05) is 30.0 Å². The van der Waals surface area contributed by atoms with Crippen LogP contribution >= 0.6 is 24.0 Å². The molecule has 0 saturated carbocycles. The number of aromatic nitrogens is 1. The summed E-state index contributed by atoms with van der Waals surface area (Å²) in [5.74, 6) is 0.961. The van der Waals surface area contributed by atoms with E-state index in [1.54, 1.807) is 29.2 Å². The summed E-state index contributed by atoms with van der Waals surface area (Å²) >= 11 is 6.49. The lowest BCUT2D eigenvalue weighted by Crippen LogP contribution is -2.27. The van der Waals surface area contributed by atoms with E-state index in [-0.39, 0.29) is 17.5 Å². The first-order chi connectivity index (χ1) is 13.9. The van der Waals surface area contributed by atoms with Crippen LogP contribution < -0.4 is 9.47 Å². The van der Waals surface area contributed by atoms with E-state index in [0.29, 0.717) is 33.9 Å². The van der Waals surface area contributed by atoms with Gasteiger partial charge < -0.3 is 9.47 Å². The first kappa shape index (κ1) is 20.7. The van der Waals surface area contributed by atoms with Crippen LogP contribution in [0, 0.1) is 10.1 Å². The Morgan fingerprint density at radius 2 is 2.07 bits per heavy atom. The summed E-state index contributed by atoms with van der Waals surface area (Å²) in [6.07, 6.45) is 2.88. The molecule has 1 saturated heterocycles. The third-order valence-electron chi connectivity index (χ3n) is 3.90. The molecule has 1 aromatic carbocycles. The van der Waals surface area contributed by atoms with Gasteiger partial charge in [0.25, 0.3) is 11.6 Å². The molecule has 1 amide bonds. The van der Waals surface area contributed by atoms with Crippen molar-refractivity contribution in [2.75, 3.05) is 13.2 Å². The summed E-state index contributed by atoms with van der Waals surface area (Å²) in [7, 11) is 0. The Kier molecular flexibility index (Phi) is 6.45. The molecule has 0 bridgehead atoms. The van der Waals surface area contributed by atoms with E-state index in [1.807, 2.05) is 13.8 Å². The number of thioether (sulfide) groups is 1. The van der Waals surface area contributed by atoms with Crippen LogP contribution in [0.25, 0.3) is 6.08 Å². The van der Waals surface area contributed by atoms with Crippen molar-refractivity contribution in [3.05, 3.63) is 57.1 Å². The number of ether oxygens (including phenoxy) is 2. The maximum Gasteiger partial charge on any atom is 0.287 e. The summed E-state index contributed by atoms with van der Waals surface area (Å²) < 4.78 is 11.9. The zero-order chi connectivity index (χ0) is 21.0. The number of nitrogens with zero attached hydrogens (tertiary/aromatic N) is 3. The average molecular weight is 431 g/mol. The molecule has 0 unspecified atom stereocenters. The predicted octanol–water partition coefficient (Wildman–Crippen LogP) is 4.40. The van der Waals surface area contributed by atoms with E-state index < -0.39 is 4.92 Å². The Balaban J connectivity index is 1.85. The molecule has 29 heavy (non-hydrogen) atoms. The van der Waals surface area contributed by atoms with Crippen molar-refractivity contribution in [3.63, 3.8) is 0 Å². The van der Waals surface area contributed by atoms with Crippen molar-refractivity contribution >= 4 is 46.0 Å². The van der Waals surface area contributed by atoms with Crippen molar-refractivity contribution in [2.45, 2.75) is 13.8 Å². The van der Waals surface area contributed by atoms with Gasteiger partial charge in [-0.05, 0) is 37.6 Å². The number of hydrogen-bond acceptors (Lipinski definition) is 8. The SMILES string of the molecule is CCOc1cc(/C=C2/SC(=S)N(CC)C2=O)ccc1Oc1ccc([N+](=O)[O-])cn1. The van der Waals surface area contributed by atoms with E-state index >= 15 is 0 Å². The third-order valence-corrected chi connectivity index (χ3v) is 5.28. The smallest absolute Gasteiger partial charge is 0.287 e. The van der Waals surface area contributed by atoms with Crippen LogP contribution in [0.2, 0.25) is 0 Å². The zero-order valence-electron chi connectivity index (χ0n) is 15.7. The van der Waals surface area contributed by atoms with Gasteiger partial charge in [-0.3, -0.25) is 19.8 Å². The number of likely N-dealkylation sites (N-methyl/N-ethyl adjacent to an activating group) is 1. The lowest BCUT2D eigenvalue weighted by Gasteiger charge is -2.12. The van der Waals surface area contributed by atoms with Crippen LogP contribution in [0.5, 0.6) is 17.4 Å². The zero-order valence-corrected chi connectivity index (χ0v) is 17.3. The van der Waals surface area contributed by atoms with Crippen LogP contribution in [-0.2, 0) is 4.79 Å². The molecule has 3 rings (SSSR count). The highest BCUT2D eigenvalue weighted by molar-refractivity contribution is 8.26. The standard InChI is InChI=1S/C19H17N3O5S2/c1-3-21-18(23)16(29-19(21)28)10-12-5-7-14(15(9-12)26-4-2)27-17-8-6-13(11-20-17)22(24)25/h5-11H,3-4H2,1-2H3/b16-10+. The van der Waals surface area contributed by atoms with Crippen LogP contribution in [0.3, 0.4) is 0 Å². The molecule has 10 heteroatoms. The normalized spacial score (nSPS) is 15.1. The summed E-state index contributed by atoms with van der Waals surface area (Å²) in [6.45, 7) is 4.65. The molecule has 0 radical (unpaired) electrons. The molecule has 1 aliphatic rings. The second-order valence-electron chi connectivity index (χ2n) is 5.78. The molecule has 1 aliphatic heterocycles. The highest BCUT2D eigenvalue weighted by Gasteiger charge is 2.30. The molecule has 1 aromatic heterocycles. The van der Waals surface area contributed by atoms with Gasteiger partial charge in [-0.25, -0.2) is 4.98 Å². The minimum Gasteiger partial charge on any atom is -0.490 e. The first-order valence-electron chi connectivity index (χ1n) is 8.73. The number of pyridine rings is 1. The van der Waals surface area contributed by atoms with Crippen molar-refractivity contribution in [1.29, 1.82) is 0 Å². The lowest BCUT2D eigenvalue weighted by molar-refractivity contribution is -0.385. The fourth-order valence-corrected chi connectivity index (χ4v) is 3.93. The van der Waals surface area contributed by atoms with Crippen LogP contribution in [0.15, 0.2) is 41.4 Å². The third kappa shape index (κ3) is 4.72. The fourth-order valence-electron chi connectivity index (χ4n) is 2.54. The molecule has 8 nitrogen and oxygen atoms in total. The molecule has 2 aromatic rings. The highest BCUT2D eigenvalue weighted by atomic mass is 32.2. The molecule has 0 aliphatic carbocycles. The maximum atomic E-state index is 12.4. The molecular weight excluding hydrogens is 414 g/mol. The monoisotopic (exact) mass is 431 g/mol. The Hall–Kier alpha value is -2.98. The lowest BCUT2D eigenvalue weighted by atomic mass is 10.2. The van der Waals surface area contributed by atoms with Gasteiger partial charge in [-0.15, -0.1) is 0 Å². The van der Waals surface area contributed by atoms with Crippen LogP contribution in [-0.4, -0.2) is 38.2 Å². The second-order valence-corrected chi connectivity index (χ2v) is 7.45. The number of amides is 1. The van der Waals surface area contributed by atoms with Gasteiger partial charge in [0.1, 0.15) is 10.5 Å². The average Bonchev–Trinajstić information content (AvgIpc) is 2.97. The Labute approximate surface area is 176 Å². The van der Waals surface area contributed by atoms with Crippen molar-refractivity contribution in [2.24, 2.45) is 0 Å². The number of carbonyl (C=O) groups is 1. The van der Waals surface area contributed by atoms with Crippen molar-refractivity contribution in [1.82, 2.24) is 9.88 Å². The van der Waals surface area contributed by atoms with Gasteiger partial charge in [0.15, 0.2) is 11.5 Å². The summed E-state index contributed by atoms with van der Waals surface area (Å²) in [5.41, 5.74) is 0.635. The molecule has 2 heterocycles. The quantitative estimate of drug-likeness (QED) is 0.275. The molecule has 0 N–H and O–H groups in total. The van der Waals surface area contributed by atoms with Gasteiger partial charge in [0, 0.05) is 18.7 Å². The fraction of sp³-hybridized carbons (Fsp3) is 0.211. The maximum absolute atomic E-state index is 12.4. The Morgan fingerprint density at radius 1 is 1.28 bits per heavy atom. The van der Waals surface area contributed by atoms with E-state index in [4.69, 9.17) is 21.7 Å². The van der Waals surface area contributed by atoms with E-state index in [2.05, 4.69) is 4.98 Å². The molecule has 0 atom stereocenters. The van der Waals surface area contributed by atoms with Gasteiger partial charge in [-0.2, -0.15) is 0 Å². The topological polar surface area (TPSA) is 94.8 Å². The molecular formula is C19H17N3O5S2. The number of nitro groups is 1. The largest absolute Gasteiger partial charge is 0.490 e. The predicted molar refractivity (Wildman–Crippen MR) is 114 cm³/mol. The Morgan fingerprint density at radius 3 is 2.66 bits per heavy atom. The number of carbonyl (C=O) groups excluding carboxylic acids is 1. The first-order valence-corrected chi connectivity index (χ1v) is 9.96. The minimum atomic E-state index is -0.529. The molecule has 1 fully saturated rings. The summed E-state index contributed by atoms with van der Waals surface area (Å²) in [6, 6.07) is 7.95. The molecule has 150 valence electrons. The van der Waals surface area contributed by atoms with Gasteiger partial charge in [0.2, 0.25) is 5.88 Å². The van der Waals surface area contributed by atoms with Crippen LogP contribution in [0.4, 0.5) is 5.69 Å². The van der Waals surface area contributed by atoms with E-state index in [9.17, 15) is 14.9 Å². The Bertz CT molecular complexity index is 992. The number of benzene rings is 1. The van der Waals surface area contributed by atoms with Crippen molar-refractivity contribution < 1.29 is 19.2 Å². The number of rotatable bonds is 7. The number of thiocarbonyl (C=S) groups is 1. The van der Waals surface area contributed by atoms with E-state index in [0.717, 1.165) is 11.8 Å².